The minimum absolute atomic E-state index is 0.0865. The molecule has 0 saturated carbocycles. The van der Waals surface area contributed by atoms with Crippen LogP contribution in [0.3, 0.4) is 0 Å². The monoisotopic (exact) mass is 317 g/mol. The first-order valence-electron chi connectivity index (χ1n) is 8.39. The van der Waals surface area contributed by atoms with E-state index in [0.717, 1.165) is 5.52 Å². The predicted octanol–water partition coefficient (Wildman–Crippen LogP) is 4.96. The maximum absolute atomic E-state index is 4.53. The summed E-state index contributed by atoms with van der Waals surface area (Å²) in [6, 6.07) is 10.9. The van der Waals surface area contributed by atoms with Gasteiger partial charge < -0.3 is 9.80 Å². The molecule has 0 bridgehead atoms. The molecule has 0 amide bonds. The van der Waals surface area contributed by atoms with Crippen LogP contribution in [0.15, 0.2) is 48.9 Å². The van der Waals surface area contributed by atoms with Crippen LogP contribution in [0.4, 0.5) is 5.69 Å². The van der Waals surface area contributed by atoms with Crippen molar-refractivity contribution < 1.29 is 0 Å². The highest BCUT2D eigenvalue weighted by Crippen LogP contribution is 2.41. The maximum Gasteiger partial charge on any atom is 0.110 e. The van der Waals surface area contributed by atoms with Crippen LogP contribution in [0.25, 0.3) is 21.7 Å². The van der Waals surface area contributed by atoms with E-state index in [1.54, 1.807) is 0 Å². The number of fused-ring (bicyclic) bond motifs is 3. The summed E-state index contributed by atoms with van der Waals surface area (Å²) in [5, 5.41) is 3.82. The maximum atomic E-state index is 4.53. The van der Waals surface area contributed by atoms with Gasteiger partial charge in [-0.15, -0.1) is 0 Å². The zero-order chi connectivity index (χ0) is 17.1. The summed E-state index contributed by atoms with van der Waals surface area (Å²) < 4.78 is 0. The Morgan fingerprint density at radius 1 is 0.958 bits per heavy atom. The highest BCUT2D eigenvalue weighted by molar-refractivity contribution is 6.13. The molecule has 3 aromatic rings. The molecule has 0 unspecified atom stereocenters. The summed E-state index contributed by atoms with van der Waals surface area (Å²) >= 11 is 0. The molecule has 0 radical (unpaired) electrons. The van der Waals surface area contributed by atoms with Crippen LogP contribution in [0.2, 0.25) is 0 Å². The van der Waals surface area contributed by atoms with E-state index >= 15 is 0 Å². The number of aryl methyl sites for hydroxylation is 2. The zero-order valence-corrected chi connectivity index (χ0v) is 15.0. The molecule has 1 aliphatic rings. The Labute approximate surface area is 143 Å². The van der Waals surface area contributed by atoms with Crippen molar-refractivity contribution in [1.29, 1.82) is 0 Å². The highest BCUT2D eigenvalue weighted by atomic mass is 15.4. The number of pyridine rings is 1. The second-order valence-corrected chi connectivity index (χ2v) is 7.19. The van der Waals surface area contributed by atoms with Crippen LogP contribution < -0.4 is 4.90 Å². The van der Waals surface area contributed by atoms with Crippen LogP contribution in [0.1, 0.15) is 25.0 Å². The van der Waals surface area contributed by atoms with Crippen molar-refractivity contribution in [2.45, 2.75) is 33.4 Å². The van der Waals surface area contributed by atoms with Crippen molar-refractivity contribution in [2.24, 2.45) is 0 Å². The third-order valence-corrected chi connectivity index (χ3v) is 5.37. The summed E-state index contributed by atoms with van der Waals surface area (Å²) in [7, 11) is 2.13. The van der Waals surface area contributed by atoms with Crippen molar-refractivity contribution in [3.8, 4) is 0 Å². The lowest BCUT2D eigenvalue weighted by Crippen LogP contribution is -2.47. The average Bonchev–Trinajstić information content (AvgIpc) is 2.81. The van der Waals surface area contributed by atoms with E-state index in [1.165, 1.54) is 33.0 Å². The normalized spacial score (nSPS) is 16.5. The van der Waals surface area contributed by atoms with Crippen LogP contribution in [0.5, 0.6) is 0 Å². The number of benzene rings is 2. The van der Waals surface area contributed by atoms with Crippen molar-refractivity contribution in [3.63, 3.8) is 0 Å². The van der Waals surface area contributed by atoms with Crippen molar-refractivity contribution in [3.05, 3.63) is 60.1 Å². The fourth-order valence-corrected chi connectivity index (χ4v) is 3.82. The lowest BCUT2D eigenvalue weighted by atomic mass is 9.95. The highest BCUT2D eigenvalue weighted by Gasteiger charge is 2.34. The van der Waals surface area contributed by atoms with E-state index in [9.17, 15) is 0 Å². The number of rotatable bonds is 1. The molecule has 122 valence electrons. The van der Waals surface area contributed by atoms with Crippen LogP contribution in [-0.2, 0) is 0 Å². The van der Waals surface area contributed by atoms with Gasteiger partial charge in [0, 0.05) is 36.4 Å². The lowest BCUT2D eigenvalue weighted by molar-refractivity contribution is 0.253. The summed E-state index contributed by atoms with van der Waals surface area (Å²) in [6.07, 6.45) is 6.19. The Kier molecular flexibility index (Phi) is 3.11. The molecule has 1 aliphatic heterocycles. The van der Waals surface area contributed by atoms with Gasteiger partial charge in [0.25, 0.3) is 0 Å². The molecule has 0 saturated heterocycles. The first-order valence-corrected chi connectivity index (χ1v) is 8.39. The first-order chi connectivity index (χ1) is 11.4. The van der Waals surface area contributed by atoms with Gasteiger partial charge in [-0.05, 0) is 56.3 Å². The molecule has 0 aliphatic carbocycles. The second-order valence-electron chi connectivity index (χ2n) is 7.19. The molecule has 4 rings (SSSR count). The topological polar surface area (TPSA) is 19.4 Å². The Balaban J connectivity index is 2.10. The van der Waals surface area contributed by atoms with Gasteiger partial charge in [-0.2, -0.15) is 0 Å². The number of nitrogens with zero attached hydrogens (tertiary/aromatic N) is 3. The summed E-state index contributed by atoms with van der Waals surface area (Å²) in [5.74, 6) is 0. The number of anilines is 1. The van der Waals surface area contributed by atoms with E-state index in [0.29, 0.717) is 0 Å². The van der Waals surface area contributed by atoms with Crippen molar-refractivity contribution >= 4 is 27.4 Å². The molecule has 24 heavy (non-hydrogen) atoms. The van der Waals surface area contributed by atoms with Gasteiger partial charge in [0.1, 0.15) is 5.66 Å². The molecule has 3 heteroatoms. The standard InChI is InChI=1S/C21H23N3/c1-14-13-15(2)20(24-12-11-23(5)21(24,3)4)17-8-9-18-16(19(14)17)7-6-10-22-18/h6-13H,1-5H3. The van der Waals surface area contributed by atoms with E-state index in [4.69, 9.17) is 0 Å². The fourth-order valence-electron chi connectivity index (χ4n) is 3.82. The van der Waals surface area contributed by atoms with Crippen LogP contribution in [0, 0.1) is 13.8 Å². The number of aromatic nitrogens is 1. The van der Waals surface area contributed by atoms with Crippen molar-refractivity contribution in [1.82, 2.24) is 9.88 Å². The Bertz CT molecular complexity index is 985. The molecule has 1 aromatic heterocycles. The fraction of sp³-hybridized carbons (Fsp3) is 0.286. The zero-order valence-electron chi connectivity index (χ0n) is 15.0. The molecular weight excluding hydrogens is 294 g/mol. The Morgan fingerprint density at radius 3 is 2.46 bits per heavy atom. The summed E-state index contributed by atoms with van der Waals surface area (Å²) in [5.41, 5.74) is 4.86. The average molecular weight is 317 g/mol. The first kappa shape index (κ1) is 15.0. The smallest absolute Gasteiger partial charge is 0.110 e. The molecule has 0 spiro atoms. The largest absolute Gasteiger partial charge is 0.357 e. The minimum atomic E-state index is -0.0865. The van der Waals surface area contributed by atoms with Gasteiger partial charge in [-0.3, -0.25) is 4.98 Å². The molecule has 0 atom stereocenters. The van der Waals surface area contributed by atoms with Gasteiger partial charge in [0.2, 0.25) is 0 Å². The van der Waals surface area contributed by atoms with Gasteiger partial charge in [0.05, 0.1) is 11.2 Å². The molecule has 2 heterocycles. The van der Waals surface area contributed by atoms with Gasteiger partial charge >= 0.3 is 0 Å². The van der Waals surface area contributed by atoms with Gasteiger partial charge in [0.15, 0.2) is 0 Å². The molecule has 2 aromatic carbocycles. The molecule has 0 N–H and O–H groups in total. The lowest BCUT2D eigenvalue weighted by Gasteiger charge is -2.39. The van der Waals surface area contributed by atoms with Gasteiger partial charge in [-0.25, -0.2) is 0 Å². The molecular formula is C21H23N3. The third kappa shape index (κ3) is 1.94. The second kappa shape index (κ2) is 4.97. The number of hydrogen-bond acceptors (Lipinski definition) is 3. The quantitative estimate of drug-likeness (QED) is 0.591. The van der Waals surface area contributed by atoms with Crippen LogP contribution >= 0.6 is 0 Å². The molecule has 3 nitrogen and oxygen atoms in total. The molecule has 0 fully saturated rings. The van der Waals surface area contributed by atoms with E-state index < -0.39 is 0 Å². The van der Waals surface area contributed by atoms with Gasteiger partial charge in [-0.1, -0.05) is 18.2 Å². The summed E-state index contributed by atoms with van der Waals surface area (Å²) in [4.78, 5) is 9.16. The van der Waals surface area contributed by atoms with E-state index in [-0.39, 0.29) is 5.66 Å². The minimum Gasteiger partial charge on any atom is -0.357 e. The third-order valence-electron chi connectivity index (χ3n) is 5.37. The summed E-state index contributed by atoms with van der Waals surface area (Å²) in [6.45, 7) is 8.90. The SMILES string of the molecule is Cc1cc(C)c2c(ccc3ncccc32)c1N1C=CN(C)C1(C)C. The van der Waals surface area contributed by atoms with Crippen LogP contribution in [-0.4, -0.2) is 22.6 Å². The van der Waals surface area contributed by atoms with E-state index in [2.05, 4.69) is 86.2 Å². The van der Waals surface area contributed by atoms with E-state index in [1.807, 2.05) is 12.3 Å². The number of hydrogen-bond donors (Lipinski definition) is 0. The Morgan fingerprint density at radius 2 is 1.75 bits per heavy atom. The Hall–Kier alpha value is -2.55. The predicted molar refractivity (Wildman–Crippen MR) is 102 cm³/mol. The van der Waals surface area contributed by atoms with Crippen molar-refractivity contribution in [2.75, 3.05) is 11.9 Å².